The average Bonchev–Trinajstić information content (AvgIpc) is 3.87. The standard InChI is InChI=1S/C15H13F6NO4S.C15H16F3NO.C13H17N/c16-14(17,18)13(23)22-5-1-2-10-11-7-9(4-3-8(11)6-12(10)22)26-27(24,25)15(19,20)21;1-9-4-5-10-8-13-11(12(10)7-9)3-2-6-19(13)14(20)15(16,17)18;1-9-4-5-10-8-13-11(12(10)7-9)3-2-6-14-13/h3-4,7,10,12H,1-2,5-6H2;4-5,7,11,13H,2-3,6,8H2,1H3;4-5,7,11,13-14H,2-3,6,8H2,1H3/t10-,12+;2*11-,13+/m111/s1. The molecule has 3 aromatic carbocycles. The topological polar surface area (TPSA) is 96.0 Å². The lowest BCUT2D eigenvalue weighted by molar-refractivity contribution is -0.189. The van der Waals surface area contributed by atoms with Crippen LogP contribution in [0.5, 0.6) is 5.75 Å². The van der Waals surface area contributed by atoms with E-state index in [0.717, 1.165) is 57.0 Å². The number of halogens is 9. The Hall–Kier alpha value is -4.32. The molecule has 3 aliphatic heterocycles. The number of nitrogens with one attached hydrogen (secondary N) is 1. The lowest BCUT2D eigenvalue weighted by atomic mass is 9.88. The van der Waals surface area contributed by atoms with Gasteiger partial charge < -0.3 is 19.3 Å². The quantitative estimate of drug-likeness (QED) is 0.157. The fourth-order valence-corrected chi connectivity index (χ4v) is 10.7. The Morgan fingerprint density at radius 2 is 1.07 bits per heavy atom. The van der Waals surface area contributed by atoms with Gasteiger partial charge in [-0.1, -0.05) is 53.6 Å². The molecule has 3 aliphatic carbocycles. The van der Waals surface area contributed by atoms with Crippen LogP contribution in [0.25, 0.3) is 0 Å². The Bertz CT molecular complexity index is 2260. The summed E-state index contributed by atoms with van der Waals surface area (Å²) < 4.78 is 140. The molecule has 0 bridgehead atoms. The van der Waals surface area contributed by atoms with Crippen LogP contribution in [-0.4, -0.2) is 85.7 Å². The van der Waals surface area contributed by atoms with E-state index in [2.05, 4.69) is 40.7 Å². The smallest absolute Gasteiger partial charge is 0.376 e. The maximum atomic E-state index is 12.8. The van der Waals surface area contributed by atoms with Crippen molar-refractivity contribution < 1.29 is 61.7 Å². The third-order valence-electron chi connectivity index (χ3n) is 12.9. The van der Waals surface area contributed by atoms with E-state index in [1.165, 1.54) is 37.4 Å². The van der Waals surface area contributed by atoms with Gasteiger partial charge in [-0.05, 0) is 130 Å². The maximum Gasteiger partial charge on any atom is 0.534 e. The number of carbonyl (C=O) groups excluding carboxylic acids is 2. The van der Waals surface area contributed by atoms with Crippen LogP contribution in [0.15, 0.2) is 54.6 Å². The summed E-state index contributed by atoms with van der Waals surface area (Å²) in [6, 6.07) is 16.0. The number of fused-ring (bicyclic) bond motifs is 9. The molecule has 332 valence electrons. The van der Waals surface area contributed by atoms with Gasteiger partial charge in [-0.3, -0.25) is 9.59 Å². The third-order valence-corrected chi connectivity index (χ3v) is 13.8. The van der Waals surface area contributed by atoms with Crippen LogP contribution in [0.1, 0.15) is 101 Å². The fraction of sp³-hybridized carbons (Fsp3) is 0.535. The fourth-order valence-electron chi connectivity index (χ4n) is 10.2. The number of aryl methyl sites for hydroxylation is 2. The molecule has 0 radical (unpaired) electrons. The molecular weight excluding hydrogens is 842 g/mol. The first kappa shape index (κ1) is 44.7. The van der Waals surface area contributed by atoms with Crippen molar-refractivity contribution >= 4 is 21.9 Å². The van der Waals surface area contributed by atoms with Gasteiger partial charge in [0.2, 0.25) is 0 Å². The van der Waals surface area contributed by atoms with Crippen molar-refractivity contribution in [1.29, 1.82) is 0 Å². The highest BCUT2D eigenvalue weighted by Gasteiger charge is 2.52. The number of rotatable bonds is 2. The molecule has 0 unspecified atom stereocenters. The largest absolute Gasteiger partial charge is 0.534 e. The minimum atomic E-state index is -5.85. The van der Waals surface area contributed by atoms with E-state index < -0.39 is 57.5 Å². The van der Waals surface area contributed by atoms with Gasteiger partial charge in [-0.15, -0.1) is 0 Å². The number of amides is 2. The lowest BCUT2D eigenvalue weighted by Gasteiger charge is -2.38. The Morgan fingerprint density at radius 3 is 1.56 bits per heavy atom. The van der Waals surface area contributed by atoms with Gasteiger partial charge in [-0.2, -0.15) is 47.9 Å². The minimum Gasteiger partial charge on any atom is -0.376 e. The summed E-state index contributed by atoms with van der Waals surface area (Å²) in [4.78, 5) is 25.0. The number of piperidine rings is 3. The zero-order valence-corrected chi connectivity index (χ0v) is 34.2. The molecule has 18 heteroatoms. The molecule has 0 saturated carbocycles. The zero-order chi connectivity index (χ0) is 44.2. The predicted molar refractivity (Wildman–Crippen MR) is 206 cm³/mol. The molecule has 61 heavy (non-hydrogen) atoms. The molecule has 6 aliphatic rings. The molecule has 3 saturated heterocycles. The second-order valence-corrected chi connectivity index (χ2v) is 18.3. The van der Waals surface area contributed by atoms with Gasteiger partial charge in [-0.25, -0.2) is 0 Å². The van der Waals surface area contributed by atoms with E-state index in [1.54, 1.807) is 11.1 Å². The number of likely N-dealkylation sites (tertiary alicyclic amines) is 2. The first-order valence-corrected chi connectivity index (χ1v) is 21.8. The molecule has 0 aromatic heterocycles. The molecular formula is C43H46F9N3O5S. The first-order chi connectivity index (χ1) is 28.5. The van der Waals surface area contributed by atoms with Gasteiger partial charge in [0.1, 0.15) is 5.75 Å². The number of hydrogen-bond acceptors (Lipinski definition) is 6. The van der Waals surface area contributed by atoms with Crippen LogP contribution in [-0.2, 0) is 39.0 Å². The van der Waals surface area contributed by atoms with Crippen LogP contribution in [0.2, 0.25) is 0 Å². The molecule has 9 rings (SSSR count). The molecule has 1 N–H and O–H groups in total. The summed E-state index contributed by atoms with van der Waals surface area (Å²) in [5.41, 5.74) is 3.30. The summed E-state index contributed by atoms with van der Waals surface area (Å²) in [5.74, 6) is -3.88. The van der Waals surface area contributed by atoms with Crippen LogP contribution in [0.4, 0.5) is 39.5 Å². The number of hydrogen-bond donors (Lipinski definition) is 1. The van der Waals surface area contributed by atoms with E-state index >= 15 is 0 Å². The first-order valence-electron chi connectivity index (χ1n) is 20.3. The van der Waals surface area contributed by atoms with Crippen molar-refractivity contribution in [3.63, 3.8) is 0 Å². The van der Waals surface area contributed by atoms with Crippen molar-refractivity contribution in [2.45, 2.75) is 125 Å². The van der Waals surface area contributed by atoms with E-state index in [-0.39, 0.29) is 37.9 Å². The molecule has 3 aromatic rings. The Morgan fingerprint density at radius 1 is 0.623 bits per heavy atom. The van der Waals surface area contributed by atoms with Crippen LogP contribution in [0, 0.1) is 13.8 Å². The number of benzene rings is 3. The minimum absolute atomic E-state index is 0.0601. The van der Waals surface area contributed by atoms with Crippen molar-refractivity contribution in [3.05, 3.63) is 99.1 Å². The summed E-state index contributed by atoms with van der Waals surface area (Å²) in [6.45, 7) is 5.54. The maximum absolute atomic E-state index is 12.8. The van der Waals surface area contributed by atoms with Crippen molar-refractivity contribution in [2.24, 2.45) is 0 Å². The van der Waals surface area contributed by atoms with Crippen LogP contribution >= 0.6 is 0 Å². The summed E-state index contributed by atoms with van der Waals surface area (Å²) in [6.07, 6.45) is -2.96. The Kier molecular flexibility index (Phi) is 12.3. The van der Waals surface area contributed by atoms with Gasteiger partial charge in [0, 0.05) is 43.1 Å². The molecule has 3 fully saturated rings. The highest BCUT2D eigenvalue weighted by Crippen LogP contribution is 2.46. The predicted octanol–water partition coefficient (Wildman–Crippen LogP) is 8.68. The SMILES string of the molecule is Cc1ccc2c(c1)[C@H]1CCCN(C(=O)C(F)(F)F)[C@H]1C2.Cc1ccc2c(c1)[C@H]1CCCN[C@H]1C2.O=C(N1CCC[C@@H]2c3cc(OS(=O)(=O)C(F)(F)F)ccc3C[C@@H]21)C(F)(F)F. The average molecular weight is 888 g/mol. The van der Waals surface area contributed by atoms with Crippen LogP contribution < -0.4 is 9.50 Å². The Labute approximate surface area is 347 Å². The highest BCUT2D eigenvalue weighted by atomic mass is 32.2. The van der Waals surface area contributed by atoms with E-state index in [0.29, 0.717) is 30.4 Å². The highest BCUT2D eigenvalue weighted by molar-refractivity contribution is 7.88. The molecule has 3 heterocycles. The van der Waals surface area contributed by atoms with Crippen molar-refractivity contribution in [2.75, 3.05) is 19.6 Å². The molecule has 0 spiro atoms. The summed E-state index contributed by atoms with van der Waals surface area (Å²) in [5, 5.41) is 3.65. The third kappa shape index (κ3) is 9.25. The lowest BCUT2D eigenvalue weighted by Crippen LogP contribution is -2.51. The van der Waals surface area contributed by atoms with Gasteiger partial charge in [0.05, 0.1) is 0 Å². The Balaban J connectivity index is 0.000000145. The summed E-state index contributed by atoms with van der Waals surface area (Å²) >= 11 is 0. The van der Waals surface area contributed by atoms with E-state index in [9.17, 15) is 57.5 Å². The normalized spacial score (nSPS) is 25.3. The molecule has 8 nitrogen and oxygen atoms in total. The monoisotopic (exact) mass is 887 g/mol. The van der Waals surface area contributed by atoms with Crippen molar-refractivity contribution in [1.82, 2.24) is 15.1 Å². The zero-order valence-electron chi connectivity index (χ0n) is 33.4. The number of nitrogens with zero attached hydrogens (tertiary/aromatic N) is 2. The second kappa shape index (κ2) is 16.8. The van der Waals surface area contributed by atoms with E-state index in [4.69, 9.17) is 0 Å². The number of carbonyl (C=O) groups is 2. The van der Waals surface area contributed by atoms with Crippen LogP contribution in [0.3, 0.4) is 0 Å². The van der Waals surface area contributed by atoms with Gasteiger partial charge >= 0.3 is 39.8 Å². The number of alkyl halides is 9. The van der Waals surface area contributed by atoms with E-state index in [1.807, 2.05) is 19.1 Å². The van der Waals surface area contributed by atoms with Gasteiger partial charge in [0.25, 0.3) is 0 Å². The molecule has 2 amide bonds. The van der Waals surface area contributed by atoms with Gasteiger partial charge in [0.15, 0.2) is 0 Å². The summed E-state index contributed by atoms with van der Waals surface area (Å²) in [7, 11) is -5.85. The second-order valence-electron chi connectivity index (χ2n) is 16.8. The molecule has 6 atom stereocenters. The van der Waals surface area contributed by atoms with Crippen molar-refractivity contribution in [3.8, 4) is 5.75 Å².